The Labute approximate surface area is 150 Å². The van der Waals surface area contributed by atoms with Crippen LogP contribution in [0.3, 0.4) is 0 Å². The Bertz CT molecular complexity index is 657. The van der Waals surface area contributed by atoms with Crippen molar-refractivity contribution in [2.24, 2.45) is 30.1 Å². The number of hydrogen-bond acceptors (Lipinski definition) is 4. The van der Waals surface area contributed by atoms with E-state index in [1.165, 1.54) is 0 Å². The predicted octanol–water partition coefficient (Wildman–Crippen LogP) is 0.197. The minimum Gasteiger partial charge on any atom is -1.00 e. The van der Waals surface area contributed by atoms with Gasteiger partial charge < -0.3 is 23.5 Å². The molecule has 6 nitrogen and oxygen atoms in total. The summed E-state index contributed by atoms with van der Waals surface area (Å²) in [7, 11) is 3.91. The van der Waals surface area contributed by atoms with Gasteiger partial charge in [0.2, 0.25) is 0 Å². The second kappa shape index (κ2) is 8.26. The van der Waals surface area contributed by atoms with E-state index in [0.29, 0.717) is 12.1 Å². The Hall–Kier alpha value is -1.92. The summed E-state index contributed by atoms with van der Waals surface area (Å²) in [6.45, 7) is 0. The fourth-order valence-electron chi connectivity index (χ4n) is 2.95. The number of hydrogen-bond donors (Lipinski definition) is 2. The molecular weight excluding hydrogens is 324 g/mol. The van der Waals surface area contributed by atoms with Gasteiger partial charge in [-0.25, -0.2) is 9.13 Å². The first-order chi connectivity index (χ1) is 11.1. The molecule has 0 unspecified atom stereocenters. The summed E-state index contributed by atoms with van der Waals surface area (Å²) in [6.07, 6.45) is 8.42. The van der Waals surface area contributed by atoms with E-state index in [0.717, 1.165) is 43.0 Å². The van der Waals surface area contributed by atoms with Crippen LogP contribution in [-0.2, 0) is 14.1 Å². The lowest BCUT2D eigenvalue weighted by atomic mass is 9.92. The molecule has 3 rings (SSSR count). The Morgan fingerprint density at radius 3 is 2.42 bits per heavy atom. The van der Waals surface area contributed by atoms with Crippen molar-refractivity contribution in [2.45, 2.75) is 37.8 Å². The van der Waals surface area contributed by atoms with Gasteiger partial charge in [-0.1, -0.05) is 5.11 Å². The van der Waals surface area contributed by atoms with Crippen LogP contribution in [0.15, 0.2) is 46.9 Å². The van der Waals surface area contributed by atoms with Gasteiger partial charge in [0.1, 0.15) is 5.69 Å². The maximum absolute atomic E-state index is 5.95. The minimum atomic E-state index is 0. The van der Waals surface area contributed by atoms with Crippen LogP contribution >= 0.6 is 0 Å². The average Bonchev–Trinajstić information content (AvgIpc) is 2.88. The molecule has 0 atom stereocenters. The number of nitrogens with two attached hydrogens (primary N) is 1. The summed E-state index contributed by atoms with van der Waals surface area (Å²) >= 11 is 0. The molecule has 1 aromatic carbocycles. The third-order valence-corrected chi connectivity index (χ3v) is 4.41. The Kier molecular flexibility index (Phi) is 6.34. The lowest BCUT2D eigenvalue weighted by Gasteiger charge is -2.27. The number of aromatic nitrogens is 2. The first-order valence-corrected chi connectivity index (χ1v) is 8.16. The summed E-state index contributed by atoms with van der Waals surface area (Å²) in [6, 6.07) is 9.02. The molecule has 0 aliphatic heterocycles. The van der Waals surface area contributed by atoms with Gasteiger partial charge in [-0.2, -0.15) is 0 Å². The predicted molar refractivity (Wildman–Crippen MR) is 93.2 cm³/mol. The van der Waals surface area contributed by atoms with Gasteiger partial charge in [0.25, 0.3) is 0 Å². The molecule has 0 bridgehead atoms. The van der Waals surface area contributed by atoms with Crippen LogP contribution in [-0.4, -0.2) is 16.7 Å². The van der Waals surface area contributed by atoms with Crippen molar-refractivity contribution in [1.29, 1.82) is 0 Å². The number of aryl methyl sites for hydroxylation is 2. The topological polar surface area (TPSA) is 71.6 Å². The van der Waals surface area contributed by atoms with Crippen LogP contribution in [0.5, 0.6) is 0 Å². The van der Waals surface area contributed by atoms with Crippen LogP contribution < -0.4 is 28.0 Å². The van der Waals surface area contributed by atoms with E-state index in [9.17, 15) is 0 Å². The van der Waals surface area contributed by atoms with Crippen molar-refractivity contribution in [1.82, 2.24) is 4.57 Å². The Balaban J connectivity index is 0.00000156. The van der Waals surface area contributed by atoms with Gasteiger partial charge >= 0.3 is 5.95 Å². The lowest BCUT2D eigenvalue weighted by Crippen LogP contribution is -3.00. The molecule has 0 amide bonds. The normalized spacial score (nSPS) is 20.8. The van der Waals surface area contributed by atoms with E-state index < -0.39 is 0 Å². The number of anilines is 1. The highest BCUT2D eigenvalue weighted by Crippen LogP contribution is 2.23. The van der Waals surface area contributed by atoms with Gasteiger partial charge in [-0.15, -0.1) is 0 Å². The number of nitrogens with one attached hydrogen (secondary N) is 1. The molecule has 1 aliphatic rings. The Morgan fingerprint density at radius 2 is 1.83 bits per heavy atom. The van der Waals surface area contributed by atoms with E-state index in [4.69, 9.17) is 5.73 Å². The second-order valence-corrected chi connectivity index (χ2v) is 6.32. The van der Waals surface area contributed by atoms with Crippen molar-refractivity contribution in [3.05, 3.63) is 36.7 Å². The van der Waals surface area contributed by atoms with Crippen LogP contribution in [0.2, 0.25) is 0 Å². The third kappa shape index (κ3) is 4.55. The fourth-order valence-corrected chi connectivity index (χ4v) is 2.95. The summed E-state index contributed by atoms with van der Waals surface area (Å²) < 4.78 is 3.88. The zero-order valence-electron chi connectivity index (χ0n) is 14.2. The molecule has 1 saturated carbocycles. The van der Waals surface area contributed by atoms with Crippen LogP contribution in [0.25, 0.3) is 0 Å². The quantitative estimate of drug-likeness (QED) is 0.610. The number of halogens is 1. The molecule has 0 saturated heterocycles. The fraction of sp³-hybridized carbons (Fsp3) is 0.471. The molecule has 1 aliphatic carbocycles. The van der Waals surface area contributed by atoms with Gasteiger partial charge in [0, 0.05) is 24.3 Å². The lowest BCUT2D eigenvalue weighted by molar-refractivity contribution is -0.657. The number of rotatable bonds is 4. The number of azo groups is 1. The monoisotopic (exact) mass is 350 g/mol. The van der Waals surface area contributed by atoms with E-state index in [2.05, 4.69) is 27.7 Å². The van der Waals surface area contributed by atoms with Crippen molar-refractivity contribution >= 4 is 17.3 Å². The highest BCUT2D eigenvalue weighted by Gasteiger charge is 2.18. The Morgan fingerprint density at radius 1 is 1.17 bits per heavy atom. The van der Waals surface area contributed by atoms with Gasteiger partial charge in [-0.05, 0) is 49.9 Å². The number of imidazole rings is 1. The van der Waals surface area contributed by atoms with E-state index in [1.54, 1.807) is 0 Å². The maximum atomic E-state index is 5.95. The molecule has 2 aromatic rings. The van der Waals surface area contributed by atoms with Crippen molar-refractivity contribution in [3.63, 3.8) is 0 Å². The molecule has 3 N–H and O–H groups in total. The van der Waals surface area contributed by atoms with Gasteiger partial charge in [0.15, 0.2) is 0 Å². The first-order valence-electron chi connectivity index (χ1n) is 8.16. The summed E-state index contributed by atoms with van der Waals surface area (Å²) in [5, 5.41) is 12.2. The highest BCUT2D eigenvalue weighted by molar-refractivity contribution is 5.51. The van der Waals surface area contributed by atoms with Crippen molar-refractivity contribution in [2.75, 3.05) is 5.32 Å². The van der Waals surface area contributed by atoms with Gasteiger partial charge in [-0.3, -0.25) is 0 Å². The summed E-state index contributed by atoms with van der Waals surface area (Å²) in [5.41, 5.74) is 7.93. The number of benzene rings is 1. The van der Waals surface area contributed by atoms with Crippen LogP contribution in [0, 0.1) is 0 Å². The van der Waals surface area contributed by atoms with Crippen LogP contribution in [0.4, 0.5) is 17.3 Å². The van der Waals surface area contributed by atoms with Gasteiger partial charge in [0.05, 0.1) is 26.5 Å². The van der Waals surface area contributed by atoms with E-state index >= 15 is 0 Å². The molecule has 1 aromatic heterocycles. The van der Waals surface area contributed by atoms with E-state index in [-0.39, 0.29) is 13.8 Å². The zero-order chi connectivity index (χ0) is 16.2. The standard InChI is InChI=1S/C17H24N6.ClH.H2/c1-22-11-12-23(2)17(22)21-20-16-9-7-15(8-10-16)19-14-5-3-13(18)4-6-14;;/h7-14H,3-6,18H2,1-2H3;2*1H. The molecule has 0 radical (unpaired) electrons. The second-order valence-electron chi connectivity index (χ2n) is 6.32. The van der Waals surface area contributed by atoms with E-state index in [1.807, 2.05) is 47.8 Å². The average molecular weight is 351 g/mol. The highest BCUT2D eigenvalue weighted by atomic mass is 35.5. The molecule has 7 heteroatoms. The largest absolute Gasteiger partial charge is 1.00 e. The molecule has 24 heavy (non-hydrogen) atoms. The summed E-state index contributed by atoms with van der Waals surface area (Å²) in [4.78, 5) is 0. The smallest absolute Gasteiger partial charge is 0.421 e. The third-order valence-electron chi connectivity index (χ3n) is 4.41. The molecule has 1 heterocycles. The summed E-state index contributed by atoms with van der Waals surface area (Å²) in [5.74, 6) is 0.811. The molecule has 132 valence electrons. The SMILES string of the molecule is Cn1cc[n+](C)c1N=Nc1ccc(NC2CCC(N)CC2)cc1.[Cl-].[HH]. The molecule has 0 spiro atoms. The maximum Gasteiger partial charge on any atom is 0.421 e. The van der Waals surface area contributed by atoms with Crippen molar-refractivity contribution in [3.8, 4) is 0 Å². The molecular formula is C17H27ClN6. The zero-order valence-corrected chi connectivity index (χ0v) is 14.9. The first kappa shape index (κ1) is 18.4. The minimum absolute atomic E-state index is 0. The number of nitrogens with zero attached hydrogens (tertiary/aromatic N) is 4. The molecule has 1 fully saturated rings. The van der Waals surface area contributed by atoms with Crippen LogP contribution in [0.1, 0.15) is 27.1 Å². The van der Waals surface area contributed by atoms with Crippen molar-refractivity contribution < 1.29 is 18.4 Å².